The predicted molar refractivity (Wildman–Crippen MR) is 102 cm³/mol. The summed E-state index contributed by atoms with van der Waals surface area (Å²) >= 11 is 1.67. The molecule has 1 aromatic heterocycles. The summed E-state index contributed by atoms with van der Waals surface area (Å²) in [7, 11) is 3.18. The molecule has 2 rings (SSSR count). The number of nitrogens with zero attached hydrogens (tertiary/aromatic N) is 1. The topological polar surface area (TPSA) is 75.1 Å². The van der Waals surface area contributed by atoms with Gasteiger partial charge < -0.3 is 25.2 Å². The van der Waals surface area contributed by atoms with Crippen molar-refractivity contribution in [2.75, 3.05) is 27.3 Å². The minimum atomic E-state index is -0.754. The van der Waals surface area contributed by atoms with Crippen LogP contribution in [0.4, 0.5) is 0 Å². The second-order valence-electron chi connectivity index (χ2n) is 5.28. The summed E-state index contributed by atoms with van der Waals surface area (Å²) in [5, 5.41) is 18.9. The summed E-state index contributed by atoms with van der Waals surface area (Å²) in [5.41, 5.74) is 0.670. The van der Waals surface area contributed by atoms with Crippen LogP contribution in [-0.4, -0.2) is 38.4 Å². The SMILES string of the molecule is CCNC(=NCc1cccs1)NCC(O)c1cc(OC)ccc1OC. The minimum Gasteiger partial charge on any atom is -0.497 e. The van der Waals surface area contributed by atoms with Crippen LogP contribution in [-0.2, 0) is 6.54 Å². The van der Waals surface area contributed by atoms with E-state index < -0.39 is 6.10 Å². The summed E-state index contributed by atoms with van der Waals surface area (Å²) in [4.78, 5) is 5.72. The molecule has 0 aliphatic heterocycles. The van der Waals surface area contributed by atoms with E-state index >= 15 is 0 Å². The van der Waals surface area contributed by atoms with Gasteiger partial charge in [-0.15, -0.1) is 11.3 Å². The second kappa shape index (κ2) is 9.90. The quantitative estimate of drug-likeness (QED) is 0.496. The number of rotatable bonds is 8. The van der Waals surface area contributed by atoms with E-state index in [2.05, 4.69) is 15.6 Å². The third-order valence-corrected chi connectivity index (χ3v) is 4.44. The van der Waals surface area contributed by atoms with E-state index in [0.717, 1.165) is 6.54 Å². The third-order valence-electron chi connectivity index (χ3n) is 3.58. The summed E-state index contributed by atoms with van der Waals surface area (Å²) in [6, 6.07) is 9.42. The molecule has 0 aliphatic rings. The number of aliphatic hydroxyl groups is 1. The Morgan fingerprint density at radius 3 is 2.72 bits per heavy atom. The summed E-state index contributed by atoms with van der Waals surface area (Å²) in [5.74, 6) is 1.96. The Bertz CT molecular complexity index is 674. The maximum atomic E-state index is 10.5. The molecule has 0 radical (unpaired) electrons. The van der Waals surface area contributed by atoms with Crippen molar-refractivity contribution < 1.29 is 14.6 Å². The highest BCUT2D eigenvalue weighted by Crippen LogP contribution is 2.29. The maximum absolute atomic E-state index is 10.5. The van der Waals surface area contributed by atoms with E-state index in [4.69, 9.17) is 9.47 Å². The molecule has 7 heteroatoms. The molecule has 1 aromatic carbocycles. The van der Waals surface area contributed by atoms with Gasteiger partial charge in [-0.2, -0.15) is 0 Å². The summed E-state index contributed by atoms with van der Waals surface area (Å²) in [6.45, 7) is 3.66. The van der Waals surface area contributed by atoms with Gasteiger partial charge in [-0.1, -0.05) is 6.07 Å². The Kier molecular flexibility index (Phi) is 7.56. The molecule has 1 heterocycles. The number of hydrogen-bond acceptors (Lipinski definition) is 5. The molecule has 0 aliphatic carbocycles. The van der Waals surface area contributed by atoms with Crippen LogP contribution in [0.3, 0.4) is 0 Å². The van der Waals surface area contributed by atoms with Crippen molar-refractivity contribution in [2.24, 2.45) is 4.99 Å². The summed E-state index contributed by atoms with van der Waals surface area (Å²) in [6.07, 6.45) is -0.754. The van der Waals surface area contributed by atoms with Gasteiger partial charge in [-0.05, 0) is 36.6 Å². The van der Waals surface area contributed by atoms with Crippen molar-refractivity contribution in [1.82, 2.24) is 10.6 Å². The lowest BCUT2D eigenvalue weighted by molar-refractivity contribution is 0.176. The number of hydrogen-bond donors (Lipinski definition) is 3. The molecule has 0 saturated carbocycles. The van der Waals surface area contributed by atoms with Gasteiger partial charge in [0.25, 0.3) is 0 Å². The number of ether oxygens (including phenoxy) is 2. The van der Waals surface area contributed by atoms with Crippen molar-refractivity contribution in [3.05, 3.63) is 46.2 Å². The molecule has 2 aromatic rings. The normalized spacial score (nSPS) is 12.6. The minimum absolute atomic E-state index is 0.305. The van der Waals surface area contributed by atoms with Crippen LogP contribution >= 0.6 is 11.3 Å². The van der Waals surface area contributed by atoms with Crippen molar-refractivity contribution in [3.8, 4) is 11.5 Å². The fraction of sp³-hybridized carbons (Fsp3) is 0.389. The molecule has 136 valence electrons. The molecule has 0 saturated heterocycles. The number of thiophene rings is 1. The second-order valence-corrected chi connectivity index (χ2v) is 6.31. The molecule has 6 nitrogen and oxygen atoms in total. The van der Waals surface area contributed by atoms with E-state index in [0.29, 0.717) is 36.1 Å². The molecule has 3 N–H and O–H groups in total. The lowest BCUT2D eigenvalue weighted by Gasteiger charge is -2.18. The van der Waals surface area contributed by atoms with Gasteiger partial charge >= 0.3 is 0 Å². The molecule has 1 atom stereocenters. The first-order chi connectivity index (χ1) is 12.2. The molecule has 25 heavy (non-hydrogen) atoms. The number of guanidine groups is 1. The van der Waals surface area contributed by atoms with Crippen LogP contribution in [0.1, 0.15) is 23.5 Å². The number of benzene rings is 1. The van der Waals surface area contributed by atoms with Gasteiger partial charge in [0.1, 0.15) is 11.5 Å². The highest BCUT2D eigenvalue weighted by molar-refractivity contribution is 7.09. The first-order valence-electron chi connectivity index (χ1n) is 8.12. The average Bonchev–Trinajstić information content (AvgIpc) is 3.16. The first-order valence-corrected chi connectivity index (χ1v) is 9.00. The third kappa shape index (κ3) is 5.65. The van der Waals surface area contributed by atoms with E-state index in [1.54, 1.807) is 43.8 Å². The smallest absolute Gasteiger partial charge is 0.191 e. The fourth-order valence-corrected chi connectivity index (χ4v) is 2.93. The molecule has 0 fully saturated rings. The van der Waals surface area contributed by atoms with Gasteiger partial charge in [-0.25, -0.2) is 4.99 Å². The lowest BCUT2D eigenvalue weighted by atomic mass is 10.1. The monoisotopic (exact) mass is 363 g/mol. The van der Waals surface area contributed by atoms with Gasteiger partial charge in [0, 0.05) is 23.5 Å². The summed E-state index contributed by atoms with van der Waals surface area (Å²) < 4.78 is 10.6. The van der Waals surface area contributed by atoms with E-state index in [-0.39, 0.29) is 0 Å². The van der Waals surface area contributed by atoms with Crippen LogP contribution in [0.15, 0.2) is 40.7 Å². The maximum Gasteiger partial charge on any atom is 0.191 e. The van der Waals surface area contributed by atoms with Crippen LogP contribution in [0.5, 0.6) is 11.5 Å². The van der Waals surface area contributed by atoms with E-state index in [1.807, 2.05) is 24.4 Å². The van der Waals surface area contributed by atoms with Gasteiger partial charge in [-0.3, -0.25) is 0 Å². The fourth-order valence-electron chi connectivity index (χ4n) is 2.30. The number of methoxy groups -OCH3 is 2. The zero-order valence-electron chi connectivity index (χ0n) is 14.8. The zero-order chi connectivity index (χ0) is 18.1. The van der Waals surface area contributed by atoms with Crippen LogP contribution in [0, 0.1) is 0 Å². The molecule has 0 bridgehead atoms. The Labute approximate surface area is 152 Å². The Morgan fingerprint density at radius 2 is 2.08 bits per heavy atom. The van der Waals surface area contributed by atoms with E-state index in [1.165, 1.54) is 4.88 Å². The van der Waals surface area contributed by atoms with Gasteiger partial charge in [0.15, 0.2) is 5.96 Å². The predicted octanol–water partition coefficient (Wildman–Crippen LogP) is 2.55. The largest absolute Gasteiger partial charge is 0.497 e. The van der Waals surface area contributed by atoms with E-state index in [9.17, 15) is 5.11 Å². The van der Waals surface area contributed by atoms with Crippen molar-refractivity contribution >= 4 is 17.3 Å². The van der Waals surface area contributed by atoms with Crippen molar-refractivity contribution in [1.29, 1.82) is 0 Å². The van der Waals surface area contributed by atoms with Crippen LogP contribution < -0.4 is 20.1 Å². The van der Waals surface area contributed by atoms with Crippen LogP contribution in [0.2, 0.25) is 0 Å². The van der Waals surface area contributed by atoms with Gasteiger partial charge in [0.2, 0.25) is 0 Å². The number of nitrogens with one attached hydrogen (secondary N) is 2. The number of aliphatic hydroxyl groups excluding tert-OH is 1. The Balaban J connectivity index is 2.02. The Hall–Kier alpha value is -2.25. The number of aliphatic imine (C=N–C) groups is 1. The highest BCUT2D eigenvalue weighted by atomic mass is 32.1. The lowest BCUT2D eigenvalue weighted by Crippen LogP contribution is -2.39. The Morgan fingerprint density at radius 1 is 1.24 bits per heavy atom. The standard InChI is InChI=1S/C18H25N3O3S/c1-4-19-18(20-11-14-6-5-9-25-14)21-12-16(22)15-10-13(23-2)7-8-17(15)24-3/h5-10,16,22H,4,11-12H2,1-3H3,(H2,19,20,21). The highest BCUT2D eigenvalue weighted by Gasteiger charge is 2.15. The first kappa shape index (κ1) is 19.1. The zero-order valence-corrected chi connectivity index (χ0v) is 15.6. The van der Waals surface area contributed by atoms with Crippen molar-refractivity contribution in [2.45, 2.75) is 19.6 Å². The molecule has 0 amide bonds. The van der Waals surface area contributed by atoms with Gasteiger partial charge in [0.05, 0.1) is 26.9 Å². The molecular formula is C18H25N3O3S. The van der Waals surface area contributed by atoms with Crippen LogP contribution in [0.25, 0.3) is 0 Å². The molecule has 0 spiro atoms. The van der Waals surface area contributed by atoms with Crippen molar-refractivity contribution in [3.63, 3.8) is 0 Å². The molecular weight excluding hydrogens is 338 g/mol. The molecule has 1 unspecified atom stereocenters. The average molecular weight is 363 g/mol.